The summed E-state index contributed by atoms with van der Waals surface area (Å²) in [6.07, 6.45) is 0. The predicted molar refractivity (Wildman–Crippen MR) is 82.6 cm³/mol. The fourth-order valence-electron chi connectivity index (χ4n) is 1.89. The molecule has 0 amide bonds. The van der Waals surface area contributed by atoms with E-state index in [1.54, 1.807) is 6.07 Å². The van der Waals surface area contributed by atoms with E-state index >= 15 is 0 Å². The summed E-state index contributed by atoms with van der Waals surface area (Å²) in [5, 5.41) is 0.231. The number of hydrogen-bond acceptors (Lipinski definition) is 5. The Hall–Kier alpha value is -1.55. The van der Waals surface area contributed by atoms with Gasteiger partial charge in [0.1, 0.15) is 10.7 Å². The van der Waals surface area contributed by atoms with Gasteiger partial charge in [-0.25, -0.2) is 9.18 Å². The maximum Gasteiger partial charge on any atom is 0.348 e. The summed E-state index contributed by atoms with van der Waals surface area (Å²) < 4.78 is 46.3. The molecule has 0 fully saturated rings. The van der Waals surface area contributed by atoms with Crippen molar-refractivity contribution in [3.05, 3.63) is 34.5 Å². The number of thiophene rings is 1. The second-order valence-electron chi connectivity index (χ2n) is 4.62. The van der Waals surface area contributed by atoms with E-state index in [0.717, 1.165) is 15.6 Å². The van der Waals surface area contributed by atoms with Crippen LogP contribution < -0.4 is 4.72 Å². The number of carbonyl (C=O) groups is 1. The Kier molecular flexibility index (Phi) is 4.81. The van der Waals surface area contributed by atoms with Gasteiger partial charge in [-0.3, -0.25) is 0 Å². The number of hydrogen-bond donors (Lipinski definition) is 1. The third-order valence-corrected chi connectivity index (χ3v) is 5.69. The molecule has 0 saturated heterocycles. The molecule has 0 unspecified atom stereocenters. The number of nitrogens with zero attached hydrogens (tertiary/aromatic N) is 1. The number of ether oxygens (including phenoxy) is 1. The smallest absolute Gasteiger partial charge is 0.348 e. The minimum absolute atomic E-state index is 0.184. The molecular formula is C13H15FN2O4S2. The van der Waals surface area contributed by atoms with Crippen molar-refractivity contribution in [2.24, 2.45) is 0 Å². The van der Waals surface area contributed by atoms with Crippen LogP contribution >= 0.6 is 11.3 Å². The van der Waals surface area contributed by atoms with E-state index in [-0.39, 0.29) is 22.4 Å². The molecule has 1 heterocycles. The van der Waals surface area contributed by atoms with Gasteiger partial charge in [0.25, 0.3) is 10.2 Å². The van der Waals surface area contributed by atoms with Gasteiger partial charge >= 0.3 is 5.97 Å². The van der Waals surface area contributed by atoms with Crippen LogP contribution in [0.5, 0.6) is 0 Å². The zero-order valence-corrected chi connectivity index (χ0v) is 13.8. The van der Waals surface area contributed by atoms with Gasteiger partial charge in [-0.15, -0.1) is 11.3 Å². The Balaban J connectivity index is 2.52. The maximum absolute atomic E-state index is 14.1. The Morgan fingerprint density at radius 3 is 2.68 bits per heavy atom. The molecule has 9 heteroatoms. The van der Waals surface area contributed by atoms with Crippen LogP contribution in [0, 0.1) is 5.82 Å². The molecule has 120 valence electrons. The van der Waals surface area contributed by atoms with Crippen LogP contribution in [0.1, 0.15) is 15.2 Å². The van der Waals surface area contributed by atoms with E-state index in [9.17, 15) is 17.6 Å². The SMILES string of the molecule is COC(=O)c1sc2cccc(F)c2c1CNS(=O)(=O)N(C)C. The molecule has 0 atom stereocenters. The number of nitrogens with one attached hydrogen (secondary N) is 1. The highest BCUT2D eigenvalue weighted by molar-refractivity contribution is 7.87. The molecule has 22 heavy (non-hydrogen) atoms. The van der Waals surface area contributed by atoms with Crippen LogP contribution in [-0.4, -0.2) is 39.9 Å². The highest BCUT2D eigenvalue weighted by Gasteiger charge is 2.23. The third kappa shape index (κ3) is 3.12. The number of rotatable bonds is 5. The van der Waals surface area contributed by atoms with Crippen molar-refractivity contribution in [2.75, 3.05) is 21.2 Å². The molecular weight excluding hydrogens is 331 g/mol. The largest absolute Gasteiger partial charge is 0.465 e. The highest BCUT2D eigenvalue weighted by atomic mass is 32.2. The normalized spacial score (nSPS) is 12.0. The first kappa shape index (κ1) is 16.8. The van der Waals surface area contributed by atoms with Crippen molar-refractivity contribution in [1.82, 2.24) is 9.03 Å². The molecule has 0 saturated carbocycles. The van der Waals surface area contributed by atoms with Crippen LogP contribution in [0.2, 0.25) is 0 Å². The zero-order valence-electron chi connectivity index (χ0n) is 12.2. The Morgan fingerprint density at radius 1 is 1.41 bits per heavy atom. The first-order valence-corrected chi connectivity index (χ1v) is 8.49. The summed E-state index contributed by atoms with van der Waals surface area (Å²) >= 11 is 1.07. The molecule has 1 aromatic heterocycles. The van der Waals surface area contributed by atoms with Crippen molar-refractivity contribution in [1.29, 1.82) is 0 Å². The van der Waals surface area contributed by atoms with Crippen LogP contribution in [0.4, 0.5) is 4.39 Å². The number of benzene rings is 1. The average Bonchev–Trinajstić information content (AvgIpc) is 2.84. The number of halogens is 1. The number of fused-ring (bicyclic) bond motifs is 1. The van der Waals surface area contributed by atoms with Crippen LogP contribution in [0.3, 0.4) is 0 Å². The van der Waals surface area contributed by atoms with Crippen molar-refractivity contribution in [3.8, 4) is 0 Å². The van der Waals surface area contributed by atoms with E-state index in [1.807, 2.05) is 0 Å². The van der Waals surface area contributed by atoms with Crippen molar-refractivity contribution in [2.45, 2.75) is 6.54 Å². The fourth-order valence-corrected chi connectivity index (χ4v) is 3.62. The summed E-state index contributed by atoms with van der Waals surface area (Å²) in [6.45, 7) is -0.203. The van der Waals surface area contributed by atoms with E-state index in [4.69, 9.17) is 0 Å². The van der Waals surface area contributed by atoms with Crippen molar-refractivity contribution < 1.29 is 22.3 Å². The predicted octanol–water partition coefficient (Wildman–Crippen LogP) is 1.72. The lowest BCUT2D eigenvalue weighted by atomic mass is 10.1. The lowest BCUT2D eigenvalue weighted by molar-refractivity contribution is 0.0605. The summed E-state index contributed by atoms with van der Waals surface area (Å²) in [4.78, 5) is 12.0. The van der Waals surface area contributed by atoms with Crippen LogP contribution in [0.25, 0.3) is 10.1 Å². The van der Waals surface area contributed by atoms with Gasteiger partial charge in [0.2, 0.25) is 0 Å². The number of esters is 1. The Morgan fingerprint density at radius 2 is 2.09 bits per heavy atom. The first-order chi connectivity index (χ1) is 10.3. The molecule has 2 aromatic rings. The minimum atomic E-state index is -3.69. The van der Waals surface area contributed by atoms with Crippen LogP contribution in [-0.2, 0) is 21.5 Å². The third-order valence-electron chi connectivity index (χ3n) is 3.05. The lowest BCUT2D eigenvalue weighted by Gasteiger charge is -2.12. The monoisotopic (exact) mass is 346 g/mol. The Bertz CT molecular complexity index is 815. The average molecular weight is 346 g/mol. The van der Waals surface area contributed by atoms with Crippen molar-refractivity contribution in [3.63, 3.8) is 0 Å². The molecule has 0 radical (unpaired) electrons. The van der Waals surface area contributed by atoms with E-state index in [2.05, 4.69) is 9.46 Å². The van der Waals surface area contributed by atoms with Gasteiger partial charge in [-0.1, -0.05) is 6.07 Å². The van der Waals surface area contributed by atoms with Crippen molar-refractivity contribution >= 4 is 37.6 Å². The van der Waals surface area contributed by atoms with Crippen LogP contribution in [0.15, 0.2) is 18.2 Å². The molecule has 6 nitrogen and oxygen atoms in total. The minimum Gasteiger partial charge on any atom is -0.465 e. The highest BCUT2D eigenvalue weighted by Crippen LogP contribution is 2.33. The molecule has 0 aliphatic heterocycles. The van der Waals surface area contributed by atoms with Gasteiger partial charge in [0.05, 0.1) is 7.11 Å². The Labute approximate surface area is 131 Å². The van der Waals surface area contributed by atoms with Gasteiger partial charge in [-0.05, 0) is 12.1 Å². The van der Waals surface area contributed by atoms with Gasteiger partial charge in [-0.2, -0.15) is 17.4 Å². The number of methoxy groups -OCH3 is 1. The molecule has 1 N–H and O–H groups in total. The summed E-state index contributed by atoms with van der Waals surface area (Å²) in [7, 11) is 0.269. The standard InChI is InChI=1S/C13H15FN2O4S2/c1-16(2)22(18,19)15-7-8-11-9(14)5-4-6-10(11)21-12(8)13(17)20-3/h4-6,15H,7H2,1-3H3. The molecule has 2 rings (SSSR count). The maximum atomic E-state index is 14.1. The topological polar surface area (TPSA) is 75.7 Å². The first-order valence-electron chi connectivity index (χ1n) is 6.23. The lowest BCUT2D eigenvalue weighted by Crippen LogP contribution is -2.35. The number of carbonyl (C=O) groups excluding carboxylic acids is 1. The van der Waals surface area contributed by atoms with Gasteiger partial charge in [0, 0.05) is 36.3 Å². The molecule has 0 spiro atoms. The van der Waals surface area contributed by atoms with E-state index < -0.39 is 22.0 Å². The van der Waals surface area contributed by atoms with E-state index in [0.29, 0.717) is 4.70 Å². The molecule has 1 aromatic carbocycles. The summed E-state index contributed by atoms with van der Waals surface area (Å²) in [5.74, 6) is -1.14. The fraction of sp³-hybridized carbons (Fsp3) is 0.308. The quantitative estimate of drug-likeness (QED) is 0.837. The second-order valence-corrected chi connectivity index (χ2v) is 7.64. The molecule has 0 aliphatic carbocycles. The summed E-state index contributed by atoms with van der Waals surface area (Å²) in [6, 6.07) is 4.46. The van der Waals surface area contributed by atoms with Gasteiger partial charge in [0.15, 0.2) is 0 Å². The summed E-state index contributed by atoms with van der Waals surface area (Å²) in [5.41, 5.74) is 0.273. The second kappa shape index (κ2) is 6.29. The van der Waals surface area contributed by atoms with Gasteiger partial charge < -0.3 is 4.74 Å². The molecule has 0 bridgehead atoms. The van der Waals surface area contributed by atoms with E-state index in [1.165, 1.54) is 33.3 Å². The zero-order chi connectivity index (χ0) is 16.5. The molecule has 0 aliphatic rings.